The van der Waals surface area contributed by atoms with Gasteiger partial charge in [0.2, 0.25) is 5.91 Å². The number of thioether (sulfide) groups is 1. The van der Waals surface area contributed by atoms with Crippen LogP contribution in [0.25, 0.3) is 0 Å². The Hall–Kier alpha value is -2.84. The number of carbonyl (C=O) groups excluding carboxylic acids is 2. The van der Waals surface area contributed by atoms with Crippen LogP contribution in [0.1, 0.15) is 53.6 Å². The standard InChI is InChI=1S/C25H30ClN5O2S/c1-15(2)12-21(28-24(33)19-8-6-7-9-20(19)26)23-29-30-25(31(23)5)34-14-22(32)27-18-11-10-16(3)17(4)13-18/h6-11,13,15,21H,12,14H2,1-5H3,(H,27,32)(H,28,33). The lowest BCUT2D eigenvalue weighted by Gasteiger charge is -2.20. The number of aryl methyl sites for hydroxylation is 2. The summed E-state index contributed by atoms with van der Waals surface area (Å²) in [5.74, 6) is 0.753. The third-order valence-corrected chi connectivity index (χ3v) is 6.78. The average Bonchev–Trinajstić information content (AvgIpc) is 3.14. The highest BCUT2D eigenvalue weighted by molar-refractivity contribution is 7.99. The van der Waals surface area contributed by atoms with E-state index in [0.717, 1.165) is 11.3 Å². The Balaban J connectivity index is 1.68. The fourth-order valence-electron chi connectivity index (χ4n) is 3.48. The number of halogens is 1. The van der Waals surface area contributed by atoms with Gasteiger partial charge in [-0.15, -0.1) is 10.2 Å². The van der Waals surface area contributed by atoms with Gasteiger partial charge >= 0.3 is 0 Å². The summed E-state index contributed by atoms with van der Waals surface area (Å²) < 4.78 is 1.83. The molecule has 1 atom stereocenters. The van der Waals surface area contributed by atoms with Crippen LogP contribution in [0, 0.1) is 19.8 Å². The molecule has 0 bridgehead atoms. The molecule has 0 radical (unpaired) electrons. The van der Waals surface area contributed by atoms with Crippen molar-refractivity contribution in [3.63, 3.8) is 0 Å². The molecule has 0 aliphatic rings. The van der Waals surface area contributed by atoms with Crippen molar-refractivity contribution in [1.29, 1.82) is 0 Å². The molecule has 0 aliphatic carbocycles. The lowest BCUT2D eigenvalue weighted by atomic mass is 10.0. The van der Waals surface area contributed by atoms with Crippen molar-refractivity contribution in [2.24, 2.45) is 13.0 Å². The molecule has 0 fully saturated rings. The molecule has 1 heterocycles. The van der Waals surface area contributed by atoms with Crippen LogP contribution in [0.5, 0.6) is 0 Å². The molecule has 7 nitrogen and oxygen atoms in total. The molecule has 1 unspecified atom stereocenters. The average molecular weight is 500 g/mol. The van der Waals surface area contributed by atoms with E-state index in [0.29, 0.717) is 33.9 Å². The first-order valence-corrected chi connectivity index (χ1v) is 12.5. The number of rotatable bonds is 9. The molecule has 0 saturated heterocycles. The van der Waals surface area contributed by atoms with E-state index in [1.165, 1.54) is 17.3 Å². The van der Waals surface area contributed by atoms with Crippen LogP contribution in [-0.2, 0) is 11.8 Å². The summed E-state index contributed by atoms with van der Waals surface area (Å²) in [6.07, 6.45) is 0.681. The summed E-state index contributed by atoms with van der Waals surface area (Å²) in [5, 5.41) is 15.6. The number of hydrogen-bond acceptors (Lipinski definition) is 5. The zero-order chi connectivity index (χ0) is 24.8. The number of aromatic nitrogens is 3. The lowest BCUT2D eigenvalue weighted by molar-refractivity contribution is -0.113. The van der Waals surface area contributed by atoms with E-state index < -0.39 is 0 Å². The Morgan fingerprint density at radius 3 is 2.50 bits per heavy atom. The summed E-state index contributed by atoms with van der Waals surface area (Å²) in [6, 6.07) is 12.4. The second kappa shape index (κ2) is 11.5. The van der Waals surface area contributed by atoms with E-state index in [1.807, 2.05) is 43.7 Å². The maximum atomic E-state index is 12.9. The van der Waals surface area contributed by atoms with Gasteiger partial charge < -0.3 is 15.2 Å². The number of nitrogens with one attached hydrogen (secondary N) is 2. The molecule has 0 saturated carbocycles. The second-order valence-corrected chi connectivity index (χ2v) is 10.0. The quantitative estimate of drug-likeness (QED) is 0.388. The molecule has 180 valence electrons. The highest BCUT2D eigenvalue weighted by Gasteiger charge is 2.24. The highest BCUT2D eigenvalue weighted by atomic mass is 35.5. The van der Waals surface area contributed by atoms with Gasteiger partial charge in [-0.1, -0.05) is 55.4 Å². The normalized spacial score (nSPS) is 12.0. The molecule has 1 aromatic heterocycles. The Morgan fingerprint density at radius 1 is 1.09 bits per heavy atom. The van der Waals surface area contributed by atoms with Gasteiger partial charge in [-0.2, -0.15) is 0 Å². The summed E-state index contributed by atoms with van der Waals surface area (Å²) >= 11 is 7.50. The maximum Gasteiger partial charge on any atom is 0.253 e. The molecule has 2 amide bonds. The predicted molar refractivity (Wildman–Crippen MR) is 137 cm³/mol. The molecular weight excluding hydrogens is 470 g/mol. The molecule has 0 spiro atoms. The molecular formula is C25H30ClN5O2S. The van der Waals surface area contributed by atoms with Crippen LogP contribution in [0.4, 0.5) is 5.69 Å². The minimum absolute atomic E-state index is 0.122. The Kier molecular flexibility index (Phi) is 8.74. The molecule has 2 N–H and O–H groups in total. The van der Waals surface area contributed by atoms with Crippen molar-refractivity contribution in [2.75, 3.05) is 11.1 Å². The summed E-state index contributed by atoms with van der Waals surface area (Å²) in [6.45, 7) is 8.21. The smallest absolute Gasteiger partial charge is 0.253 e. The van der Waals surface area contributed by atoms with Gasteiger partial charge in [0.05, 0.1) is 22.4 Å². The lowest BCUT2D eigenvalue weighted by Crippen LogP contribution is -2.31. The van der Waals surface area contributed by atoms with Crippen molar-refractivity contribution >= 4 is 40.9 Å². The van der Waals surface area contributed by atoms with Crippen LogP contribution < -0.4 is 10.6 Å². The first-order chi connectivity index (χ1) is 16.2. The summed E-state index contributed by atoms with van der Waals surface area (Å²) in [5.41, 5.74) is 3.49. The number of anilines is 1. The monoisotopic (exact) mass is 499 g/mol. The fourth-order valence-corrected chi connectivity index (χ4v) is 4.42. The molecule has 34 heavy (non-hydrogen) atoms. The van der Waals surface area contributed by atoms with Crippen LogP contribution in [0.15, 0.2) is 47.6 Å². The van der Waals surface area contributed by atoms with Gasteiger partial charge in [0, 0.05) is 12.7 Å². The van der Waals surface area contributed by atoms with Crippen molar-refractivity contribution in [1.82, 2.24) is 20.1 Å². The summed E-state index contributed by atoms with van der Waals surface area (Å²) in [4.78, 5) is 25.3. The van der Waals surface area contributed by atoms with Crippen LogP contribution in [0.3, 0.4) is 0 Å². The van der Waals surface area contributed by atoms with E-state index in [-0.39, 0.29) is 23.6 Å². The van der Waals surface area contributed by atoms with Gasteiger partial charge in [-0.25, -0.2) is 0 Å². The third-order valence-electron chi connectivity index (χ3n) is 5.43. The summed E-state index contributed by atoms with van der Waals surface area (Å²) in [7, 11) is 1.84. The zero-order valence-corrected chi connectivity index (χ0v) is 21.6. The van der Waals surface area contributed by atoms with Gasteiger partial charge in [0.15, 0.2) is 11.0 Å². The van der Waals surface area contributed by atoms with E-state index >= 15 is 0 Å². The van der Waals surface area contributed by atoms with E-state index in [2.05, 4.69) is 34.7 Å². The van der Waals surface area contributed by atoms with Gasteiger partial charge in [0.1, 0.15) is 0 Å². The number of carbonyl (C=O) groups is 2. The zero-order valence-electron chi connectivity index (χ0n) is 20.1. The van der Waals surface area contributed by atoms with Crippen LogP contribution in [-0.4, -0.2) is 32.3 Å². The number of nitrogens with zero attached hydrogens (tertiary/aromatic N) is 3. The molecule has 3 rings (SSSR count). The van der Waals surface area contributed by atoms with Gasteiger partial charge in [-0.05, 0) is 61.6 Å². The molecule has 0 aliphatic heterocycles. The first kappa shape index (κ1) is 25.8. The number of hydrogen-bond donors (Lipinski definition) is 2. The number of amides is 2. The first-order valence-electron chi connectivity index (χ1n) is 11.1. The van der Waals surface area contributed by atoms with Crippen molar-refractivity contribution in [3.05, 3.63) is 70.0 Å². The topological polar surface area (TPSA) is 88.9 Å². The highest BCUT2D eigenvalue weighted by Crippen LogP contribution is 2.25. The predicted octanol–water partition coefficient (Wildman–Crippen LogP) is 5.33. The van der Waals surface area contributed by atoms with Crippen molar-refractivity contribution in [2.45, 2.75) is 45.3 Å². The minimum atomic E-state index is -0.347. The largest absolute Gasteiger partial charge is 0.342 e. The van der Waals surface area contributed by atoms with Crippen LogP contribution in [0.2, 0.25) is 5.02 Å². The Labute approximate surface area is 209 Å². The SMILES string of the molecule is Cc1ccc(NC(=O)CSc2nnc(C(CC(C)C)NC(=O)c3ccccc3Cl)n2C)cc1C. The van der Waals surface area contributed by atoms with Crippen molar-refractivity contribution < 1.29 is 9.59 Å². The molecule has 2 aromatic carbocycles. The third kappa shape index (κ3) is 6.61. The van der Waals surface area contributed by atoms with E-state index in [4.69, 9.17) is 11.6 Å². The van der Waals surface area contributed by atoms with Crippen LogP contribution >= 0.6 is 23.4 Å². The molecule has 9 heteroatoms. The van der Waals surface area contributed by atoms with Crippen molar-refractivity contribution in [3.8, 4) is 0 Å². The van der Waals surface area contributed by atoms with E-state index in [9.17, 15) is 9.59 Å². The molecule has 3 aromatic rings. The van der Waals surface area contributed by atoms with Gasteiger partial charge in [-0.3, -0.25) is 9.59 Å². The Bertz CT molecular complexity index is 1180. The Morgan fingerprint density at radius 2 is 1.82 bits per heavy atom. The fraction of sp³-hybridized carbons (Fsp3) is 0.360. The number of benzene rings is 2. The van der Waals surface area contributed by atoms with Gasteiger partial charge in [0.25, 0.3) is 5.91 Å². The minimum Gasteiger partial charge on any atom is -0.342 e. The maximum absolute atomic E-state index is 12.9. The van der Waals surface area contributed by atoms with E-state index in [1.54, 1.807) is 24.3 Å². The second-order valence-electron chi connectivity index (χ2n) is 8.67.